The van der Waals surface area contributed by atoms with Gasteiger partial charge in [0.1, 0.15) is 0 Å². The Hall–Kier alpha value is -2.00. The summed E-state index contributed by atoms with van der Waals surface area (Å²) in [5.74, 6) is 0.837. The molecule has 1 spiro atoms. The molecule has 0 aliphatic carbocycles. The second kappa shape index (κ2) is 5.77. The van der Waals surface area contributed by atoms with Gasteiger partial charge in [0.25, 0.3) is 0 Å². The Morgan fingerprint density at radius 1 is 1.16 bits per heavy atom. The van der Waals surface area contributed by atoms with E-state index in [-0.39, 0.29) is 0 Å². The van der Waals surface area contributed by atoms with Crippen molar-refractivity contribution in [2.24, 2.45) is 0 Å². The van der Waals surface area contributed by atoms with Crippen molar-refractivity contribution in [1.29, 1.82) is 0 Å². The number of nitrogens with one attached hydrogen (secondary N) is 1. The number of aryl methyl sites for hydroxylation is 1. The van der Waals surface area contributed by atoms with E-state index in [9.17, 15) is 8.42 Å². The van der Waals surface area contributed by atoms with E-state index in [1.165, 1.54) is 6.26 Å². The molecule has 0 amide bonds. The Balaban J connectivity index is 1.66. The van der Waals surface area contributed by atoms with Crippen LogP contribution in [0.5, 0.6) is 0 Å². The van der Waals surface area contributed by atoms with Gasteiger partial charge in [-0.3, -0.25) is 0 Å². The van der Waals surface area contributed by atoms with Crippen LogP contribution < -0.4 is 4.90 Å². The van der Waals surface area contributed by atoms with Crippen LogP contribution in [0, 0.1) is 6.92 Å². The summed E-state index contributed by atoms with van der Waals surface area (Å²) in [4.78, 5) is 9.85. The number of piperidine rings is 1. The Bertz CT molecular complexity index is 868. The lowest BCUT2D eigenvalue weighted by atomic mass is 9.80. The average molecular weight is 362 g/mol. The van der Waals surface area contributed by atoms with E-state index in [4.69, 9.17) is 0 Å². The lowest BCUT2D eigenvalue weighted by Crippen LogP contribution is -2.58. The molecule has 4 heterocycles. The highest BCUT2D eigenvalue weighted by Gasteiger charge is 2.50. The van der Waals surface area contributed by atoms with Crippen LogP contribution in [-0.2, 0) is 22.0 Å². The zero-order valence-electron chi connectivity index (χ0n) is 14.4. The normalized spacial score (nSPS) is 20.6. The maximum absolute atomic E-state index is 12.4. The third-order valence-electron chi connectivity index (χ3n) is 5.30. The molecular weight excluding hydrogens is 340 g/mol. The van der Waals surface area contributed by atoms with Crippen molar-refractivity contribution in [1.82, 2.24) is 24.5 Å². The molecule has 1 N–H and O–H groups in total. The van der Waals surface area contributed by atoms with Gasteiger partial charge in [0.2, 0.25) is 10.0 Å². The Morgan fingerprint density at radius 2 is 1.92 bits per heavy atom. The summed E-state index contributed by atoms with van der Waals surface area (Å²) < 4.78 is 26.5. The molecule has 2 aliphatic heterocycles. The number of fused-ring (bicyclic) bond motifs is 2. The van der Waals surface area contributed by atoms with Crippen LogP contribution in [0.3, 0.4) is 0 Å². The number of anilines is 1. The molecule has 4 rings (SSSR count). The average Bonchev–Trinajstić information content (AvgIpc) is 3.06. The summed E-state index contributed by atoms with van der Waals surface area (Å²) in [6, 6.07) is 3.91. The highest BCUT2D eigenvalue weighted by Crippen LogP contribution is 2.43. The first-order valence-corrected chi connectivity index (χ1v) is 10.3. The van der Waals surface area contributed by atoms with Crippen LogP contribution in [0.2, 0.25) is 0 Å². The predicted molar refractivity (Wildman–Crippen MR) is 93.7 cm³/mol. The minimum Gasteiger partial charge on any atom is -0.355 e. The molecule has 1 fully saturated rings. The predicted octanol–water partition coefficient (Wildman–Crippen LogP) is 0.822. The van der Waals surface area contributed by atoms with Gasteiger partial charge in [0.05, 0.1) is 29.5 Å². The third-order valence-corrected chi connectivity index (χ3v) is 6.63. The molecule has 134 valence electrons. The van der Waals surface area contributed by atoms with E-state index in [0.717, 1.165) is 36.0 Å². The maximum Gasteiger partial charge on any atom is 0.212 e. The molecule has 0 aromatic carbocycles. The lowest BCUT2D eigenvalue weighted by molar-refractivity contribution is 0.128. The first-order chi connectivity index (χ1) is 11.9. The van der Waals surface area contributed by atoms with Crippen LogP contribution in [0.15, 0.2) is 18.5 Å². The molecule has 25 heavy (non-hydrogen) atoms. The van der Waals surface area contributed by atoms with Gasteiger partial charge in [-0.1, -0.05) is 0 Å². The summed E-state index contributed by atoms with van der Waals surface area (Å²) >= 11 is 0. The SMILES string of the molecule is Cc1ccc(N2CCC3(CC2)c2nc[nH]c2CCN3S(C)(=O)=O)nn1. The van der Waals surface area contributed by atoms with Crippen LogP contribution in [0.25, 0.3) is 0 Å². The lowest BCUT2D eigenvalue weighted by Gasteiger charge is -2.49. The third kappa shape index (κ3) is 2.71. The largest absolute Gasteiger partial charge is 0.355 e. The monoisotopic (exact) mass is 362 g/mol. The number of hydrogen-bond donors (Lipinski definition) is 1. The maximum atomic E-state index is 12.4. The zero-order chi connectivity index (χ0) is 17.7. The molecule has 0 radical (unpaired) electrons. The van der Waals surface area contributed by atoms with E-state index in [0.29, 0.717) is 25.8 Å². The molecule has 0 saturated carbocycles. The summed E-state index contributed by atoms with van der Waals surface area (Å²) in [5, 5.41) is 8.38. The number of sulfonamides is 1. The molecule has 2 aromatic rings. The van der Waals surface area contributed by atoms with Gasteiger partial charge in [-0.15, -0.1) is 5.10 Å². The Morgan fingerprint density at radius 3 is 2.56 bits per heavy atom. The van der Waals surface area contributed by atoms with Crippen molar-refractivity contribution in [3.8, 4) is 0 Å². The molecule has 9 heteroatoms. The topological polar surface area (TPSA) is 95.1 Å². The van der Waals surface area contributed by atoms with Crippen molar-refractivity contribution in [3.63, 3.8) is 0 Å². The summed E-state index contributed by atoms with van der Waals surface area (Å²) in [5.41, 5.74) is 2.27. The van der Waals surface area contributed by atoms with Crippen LogP contribution in [0.1, 0.15) is 29.9 Å². The zero-order valence-corrected chi connectivity index (χ0v) is 15.3. The number of aromatic amines is 1. The van der Waals surface area contributed by atoms with Crippen molar-refractivity contribution in [2.75, 3.05) is 30.8 Å². The van der Waals surface area contributed by atoms with E-state index in [2.05, 4.69) is 25.1 Å². The van der Waals surface area contributed by atoms with Gasteiger partial charge in [0, 0.05) is 31.7 Å². The van der Waals surface area contributed by atoms with Gasteiger partial charge in [-0.25, -0.2) is 13.4 Å². The van der Waals surface area contributed by atoms with E-state index < -0.39 is 15.6 Å². The van der Waals surface area contributed by atoms with Crippen molar-refractivity contribution >= 4 is 15.8 Å². The quantitative estimate of drug-likeness (QED) is 0.850. The summed E-state index contributed by atoms with van der Waals surface area (Å²) in [6.07, 6.45) is 5.03. The fourth-order valence-electron chi connectivity index (χ4n) is 4.09. The van der Waals surface area contributed by atoms with Crippen LogP contribution in [0.4, 0.5) is 5.82 Å². The van der Waals surface area contributed by atoms with Crippen LogP contribution in [-0.4, -0.2) is 58.8 Å². The minimum atomic E-state index is -3.31. The van der Waals surface area contributed by atoms with Gasteiger partial charge in [-0.05, 0) is 31.9 Å². The first kappa shape index (κ1) is 16.5. The van der Waals surface area contributed by atoms with Crippen molar-refractivity contribution < 1.29 is 8.42 Å². The number of aromatic nitrogens is 4. The molecule has 2 aliphatic rings. The van der Waals surface area contributed by atoms with Gasteiger partial charge in [-0.2, -0.15) is 9.40 Å². The second-order valence-corrected chi connectivity index (χ2v) is 8.77. The highest BCUT2D eigenvalue weighted by molar-refractivity contribution is 7.88. The number of imidazole rings is 1. The molecule has 0 atom stereocenters. The number of hydrogen-bond acceptors (Lipinski definition) is 6. The molecule has 1 saturated heterocycles. The summed E-state index contributed by atoms with van der Waals surface area (Å²) in [7, 11) is -3.31. The van der Waals surface area contributed by atoms with E-state index in [1.807, 2.05) is 19.1 Å². The standard InChI is InChI=1S/C16H22N6O2S/c1-12-3-4-14(20-19-12)21-9-6-16(7-10-21)15-13(17-11-18-15)5-8-22(16)25(2,23)24/h3-4,11H,5-10H2,1-2H3,(H,17,18). The Kier molecular flexibility index (Phi) is 3.80. The van der Waals surface area contributed by atoms with E-state index >= 15 is 0 Å². The number of nitrogens with zero attached hydrogens (tertiary/aromatic N) is 5. The first-order valence-electron chi connectivity index (χ1n) is 8.46. The van der Waals surface area contributed by atoms with Gasteiger partial charge in [0.15, 0.2) is 5.82 Å². The fraction of sp³-hybridized carbons (Fsp3) is 0.562. The van der Waals surface area contributed by atoms with Crippen LogP contribution >= 0.6 is 0 Å². The van der Waals surface area contributed by atoms with Gasteiger partial charge >= 0.3 is 0 Å². The molecule has 8 nitrogen and oxygen atoms in total. The second-order valence-electron chi connectivity index (χ2n) is 6.87. The van der Waals surface area contributed by atoms with Gasteiger partial charge < -0.3 is 9.88 Å². The molecule has 0 unspecified atom stereocenters. The molecular formula is C16H22N6O2S. The number of rotatable bonds is 2. The Labute approximate surface area is 147 Å². The van der Waals surface area contributed by atoms with E-state index in [1.54, 1.807) is 10.6 Å². The fourth-order valence-corrected chi connectivity index (χ4v) is 5.42. The molecule has 2 aromatic heterocycles. The number of H-pyrrole nitrogens is 1. The highest BCUT2D eigenvalue weighted by atomic mass is 32.2. The smallest absolute Gasteiger partial charge is 0.212 e. The molecule has 0 bridgehead atoms. The van der Waals surface area contributed by atoms with Crippen molar-refractivity contribution in [2.45, 2.75) is 31.7 Å². The van der Waals surface area contributed by atoms with Crippen molar-refractivity contribution in [3.05, 3.63) is 35.5 Å². The summed E-state index contributed by atoms with van der Waals surface area (Å²) in [6.45, 7) is 3.84. The minimum absolute atomic E-state index is 0.498.